The van der Waals surface area contributed by atoms with Gasteiger partial charge in [0.1, 0.15) is 11.6 Å². The monoisotopic (exact) mass is 324 g/mol. The van der Waals surface area contributed by atoms with Gasteiger partial charge in [-0.25, -0.2) is 19.4 Å². The van der Waals surface area contributed by atoms with Crippen LogP contribution in [0.5, 0.6) is 0 Å². The van der Waals surface area contributed by atoms with Gasteiger partial charge in [0, 0.05) is 24.9 Å². The van der Waals surface area contributed by atoms with Crippen LogP contribution in [-0.4, -0.2) is 42.7 Å². The van der Waals surface area contributed by atoms with Gasteiger partial charge in [0.15, 0.2) is 0 Å². The minimum Gasteiger partial charge on any atom is -0.348 e. The van der Waals surface area contributed by atoms with E-state index in [1.165, 1.54) is 0 Å². The van der Waals surface area contributed by atoms with E-state index in [4.69, 9.17) is 0 Å². The number of hydrogen-bond donors (Lipinski definition) is 2. The Labute approximate surface area is 139 Å². The van der Waals surface area contributed by atoms with Crippen LogP contribution >= 0.6 is 0 Å². The van der Waals surface area contributed by atoms with E-state index >= 15 is 0 Å². The second-order valence-electron chi connectivity index (χ2n) is 6.17. The molecule has 7 heteroatoms. The van der Waals surface area contributed by atoms with E-state index in [0.717, 1.165) is 49.8 Å². The molecule has 0 radical (unpaired) electrons. The summed E-state index contributed by atoms with van der Waals surface area (Å²) < 4.78 is 1.70. The van der Waals surface area contributed by atoms with Crippen molar-refractivity contribution < 1.29 is 0 Å². The minimum atomic E-state index is -0.181. The third-order valence-corrected chi connectivity index (χ3v) is 4.51. The van der Waals surface area contributed by atoms with E-state index in [2.05, 4.69) is 25.1 Å². The maximum Gasteiger partial charge on any atom is 0.347 e. The molecule has 2 aromatic heterocycles. The number of H-pyrrole nitrogens is 2. The number of para-hydroxylation sites is 1. The van der Waals surface area contributed by atoms with Crippen molar-refractivity contribution in [2.24, 2.45) is 0 Å². The topological polar surface area (TPSA) is 82.6 Å². The van der Waals surface area contributed by atoms with Gasteiger partial charge in [0.2, 0.25) is 0 Å². The molecule has 0 spiro atoms. The van der Waals surface area contributed by atoms with Crippen LogP contribution in [0.3, 0.4) is 0 Å². The lowest BCUT2D eigenvalue weighted by Gasteiger charge is -2.31. The second kappa shape index (κ2) is 6.45. The number of piperidine rings is 1. The van der Waals surface area contributed by atoms with Crippen LogP contribution in [0, 0.1) is 0 Å². The van der Waals surface area contributed by atoms with Crippen LogP contribution < -0.4 is 5.69 Å². The smallest absolute Gasteiger partial charge is 0.347 e. The molecule has 1 aliphatic rings. The van der Waals surface area contributed by atoms with Crippen LogP contribution in [0.2, 0.25) is 0 Å². The second-order valence-corrected chi connectivity index (χ2v) is 6.17. The third kappa shape index (κ3) is 2.90. The molecule has 2 N–H and O–H groups in total. The number of aromatic nitrogens is 5. The average Bonchev–Trinajstić information content (AvgIpc) is 3.25. The van der Waals surface area contributed by atoms with Gasteiger partial charge in [0.25, 0.3) is 0 Å². The quantitative estimate of drug-likeness (QED) is 0.765. The number of aromatic amines is 2. The number of likely N-dealkylation sites (tertiary alicyclic amines) is 1. The summed E-state index contributed by atoms with van der Waals surface area (Å²) in [5, 5.41) is 6.94. The zero-order valence-electron chi connectivity index (χ0n) is 13.4. The Hall–Kier alpha value is -2.67. The molecule has 1 aliphatic heterocycles. The molecule has 0 bridgehead atoms. The standard InChI is InChI=1S/C17H20N6O/c24-17-21-20-16(23(17)14-6-2-1-3-7-14)13-5-4-10-22(11-13)12-15-18-8-9-19-15/h1-3,6-9,13H,4-5,10-12H2,(H,18,19)(H,21,24)/t13-/m1/s1. The highest BCUT2D eigenvalue weighted by molar-refractivity contribution is 5.32. The van der Waals surface area contributed by atoms with Gasteiger partial charge >= 0.3 is 5.69 Å². The van der Waals surface area contributed by atoms with E-state index in [0.29, 0.717) is 0 Å². The number of imidazole rings is 1. The molecule has 124 valence electrons. The predicted molar refractivity (Wildman–Crippen MR) is 90.0 cm³/mol. The van der Waals surface area contributed by atoms with Gasteiger partial charge in [-0.15, -0.1) is 0 Å². The maximum atomic E-state index is 12.2. The van der Waals surface area contributed by atoms with Crippen molar-refractivity contribution in [3.8, 4) is 5.69 Å². The van der Waals surface area contributed by atoms with Crippen molar-refractivity contribution in [1.82, 2.24) is 29.6 Å². The zero-order chi connectivity index (χ0) is 16.4. The molecule has 0 amide bonds. The lowest BCUT2D eigenvalue weighted by molar-refractivity contribution is 0.192. The highest BCUT2D eigenvalue weighted by Gasteiger charge is 2.27. The maximum absolute atomic E-state index is 12.2. The fraction of sp³-hybridized carbons (Fsp3) is 0.353. The van der Waals surface area contributed by atoms with Crippen molar-refractivity contribution in [2.75, 3.05) is 13.1 Å². The SMILES string of the molecule is O=c1[nH]nc([C@@H]2CCCN(Cc3ncc[nH]3)C2)n1-c1ccccc1. The zero-order valence-corrected chi connectivity index (χ0v) is 13.4. The Kier molecular flexibility index (Phi) is 4.00. The molecule has 4 rings (SSSR count). The van der Waals surface area contributed by atoms with Gasteiger partial charge in [-0.2, -0.15) is 5.10 Å². The molecular weight excluding hydrogens is 304 g/mol. The fourth-order valence-corrected chi connectivity index (χ4v) is 3.42. The summed E-state index contributed by atoms with van der Waals surface area (Å²) in [5.41, 5.74) is 0.675. The van der Waals surface area contributed by atoms with Crippen molar-refractivity contribution in [2.45, 2.75) is 25.3 Å². The Balaban J connectivity index is 1.59. The lowest BCUT2D eigenvalue weighted by Crippen LogP contribution is -2.35. The Bertz CT molecular complexity index is 836. The van der Waals surface area contributed by atoms with E-state index in [1.807, 2.05) is 36.5 Å². The first-order valence-electron chi connectivity index (χ1n) is 8.24. The highest BCUT2D eigenvalue weighted by Crippen LogP contribution is 2.26. The van der Waals surface area contributed by atoms with Crippen LogP contribution in [0.4, 0.5) is 0 Å². The van der Waals surface area contributed by atoms with E-state index in [1.54, 1.807) is 10.8 Å². The molecule has 0 saturated carbocycles. The molecule has 1 aromatic carbocycles. The Morgan fingerprint density at radius 2 is 2.12 bits per heavy atom. The van der Waals surface area contributed by atoms with Crippen LogP contribution in [-0.2, 0) is 6.54 Å². The van der Waals surface area contributed by atoms with Crippen molar-refractivity contribution >= 4 is 0 Å². The van der Waals surface area contributed by atoms with Gasteiger partial charge in [0.05, 0.1) is 12.2 Å². The van der Waals surface area contributed by atoms with Crippen LogP contribution in [0.1, 0.15) is 30.4 Å². The number of nitrogens with one attached hydrogen (secondary N) is 2. The van der Waals surface area contributed by atoms with Gasteiger partial charge in [-0.05, 0) is 31.5 Å². The molecule has 1 fully saturated rings. The van der Waals surface area contributed by atoms with Gasteiger partial charge in [-0.3, -0.25) is 4.90 Å². The molecule has 7 nitrogen and oxygen atoms in total. The van der Waals surface area contributed by atoms with Gasteiger partial charge < -0.3 is 4.98 Å². The Morgan fingerprint density at radius 3 is 2.92 bits per heavy atom. The van der Waals surface area contributed by atoms with Crippen LogP contribution in [0.15, 0.2) is 47.5 Å². The van der Waals surface area contributed by atoms with E-state index in [9.17, 15) is 4.79 Å². The number of rotatable bonds is 4. The van der Waals surface area contributed by atoms with Crippen LogP contribution in [0.25, 0.3) is 5.69 Å². The summed E-state index contributed by atoms with van der Waals surface area (Å²) in [4.78, 5) is 22.1. The van der Waals surface area contributed by atoms with E-state index in [-0.39, 0.29) is 11.6 Å². The lowest BCUT2D eigenvalue weighted by atomic mass is 9.97. The number of nitrogens with zero attached hydrogens (tertiary/aromatic N) is 4. The molecule has 1 atom stereocenters. The normalized spacial score (nSPS) is 18.8. The first-order valence-corrected chi connectivity index (χ1v) is 8.24. The summed E-state index contributed by atoms with van der Waals surface area (Å²) in [6.07, 6.45) is 5.74. The van der Waals surface area contributed by atoms with E-state index < -0.39 is 0 Å². The first kappa shape index (κ1) is 14.9. The molecule has 1 saturated heterocycles. The Morgan fingerprint density at radius 1 is 1.25 bits per heavy atom. The largest absolute Gasteiger partial charge is 0.348 e. The molecular formula is C17H20N6O. The summed E-state index contributed by atoms with van der Waals surface area (Å²) >= 11 is 0. The third-order valence-electron chi connectivity index (χ3n) is 4.51. The average molecular weight is 324 g/mol. The molecule has 0 aliphatic carbocycles. The predicted octanol–water partition coefficient (Wildman–Crippen LogP) is 1.66. The highest BCUT2D eigenvalue weighted by atomic mass is 16.1. The molecule has 0 unspecified atom stereocenters. The summed E-state index contributed by atoms with van der Waals surface area (Å²) in [6.45, 7) is 2.71. The number of hydrogen-bond acceptors (Lipinski definition) is 4. The summed E-state index contributed by atoms with van der Waals surface area (Å²) in [7, 11) is 0. The summed E-state index contributed by atoms with van der Waals surface area (Å²) in [6, 6.07) is 9.68. The van der Waals surface area contributed by atoms with Crippen molar-refractivity contribution in [3.05, 3.63) is 64.9 Å². The van der Waals surface area contributed by atoms with Crippen molar-refractivity contribution in [1.29, 1.82) is 0 Å². The summed E-state index contributed by atoms with van der Waals surface area (Å²) in [5.74, 6) is 2.02. The fourth-order valence-electron chi connectivity index (χ4n) is 3.42. The molecule has 3 heterocycles. The first-order chi connectivity index (χ1) is 11.8. The minimum absolute atomic E-state index is 0.181. The van der Waals surface area contributed by atoms with Gasteiger partial charge in [-0.1, -0.05) is 18.2 Å². The van der Waals surface area contributed by atoms with Crippen molar-refractivity contribution in [3.63, 3.8) is 0 Å². The molecule has 24 heavy (non-hydrogen) atoms. The number of benzene rings is 1. The molecule has 3 aromatic rings.